The maximum atomic E-state index is 11.9. The van der Waals surface area contributed by atoms with Crippen molar-refractivity contribution in [1.82, 2.24) is 19.9 Å². The average molecular weight is 338 g/mol. The molecule has 1 aliphatic heterocycles. The quantitative estimate of drug-likeness (QED) is 0.760. The molecule has 7 heteroatoms. The molecule has 0 amide bonds. The number of hydrogen-bond acceptors (Lipinski definition) is 5. The van der Waals surface area contributed by atoms with Gasteiger partial charge in [0.25, 0.3) is 5.56 Å². The minimum Gasteiger partial charge on any atom is -0.441 e. The van der Waals surface area contributed by atoms with Gasteiger partial charge in [-0.3, -0.25) is 14.7 Å². The normalized spacial score (nSPS) is 14.0. The zero-order valence-corrected chi connectivity index (χ0v) is 14.0. The van der Waals surface area contributed by atoms with E-state index in [1.54, 1.807) is 0 Å². The second-order valence-electron chi connectivity index (χ2n) is 6.35. The van der Waals surface area contributed by atoms with Crippen LogP contribution in [0, 0.1) is 13.8 Å². The highest BCUT2D eigenvalue weighted by molar-refractivity contribution is 5.58. The lowest BCUT2D eigenvalue weighted by atomic mass is 10.1. The van der Waals surface area contributed by atoms with Crippen LogP contribution in [0.1, 0.15) is 28.3 Å². The van der Waals surface area contributed by atoms with Gasteiger partial charge >= 0.3 is 5.69 Å². The highest BCUT2D eigenvalue weighted by atomic mass is 16.4. The molecule has 1 aliphatic rings. The summed E-state index contributed by atoms with van der Waals surface area (Å²) < 4.78 is 5.85. The molecular weight excluding hydrogens is 320 g/mol. The number of benzene rings is 1. The van der Waals surface area contributed by atoms with Crippen LogP contribution in [0.5, 0.6) is 0 Å². The van der Waals surface area contributed by atoms with Crippen LogP contribution in [0.25, 0.3) is 11.5 Å². The van der Waals surface area contributed by atoms with Gasteiger partial charge in [0.2, 0.25) is 5.89 Å². The number of hydrogen-bond donors (Lipinski definition) is 2. The van der Waals surface area contributed by atoms with Gasteiger partial charge in [-0.2, -0.15) is 0 Å². The Morgan fingerprint density at radius 3 is 2.76 bits per heavy atom. The molecule has 1 aromatic carbocycles. The molecule has 0 saturated heterocycles. The summed E-state index contributed by atoms with van der Waals surface area (Å²) in [5, 5.41) is 0. The highest BCUT2D eigenvalue weighted by Crippen LogP contribution is 2.26. The lowest BCUT2D eigenvalue weighted by molar-refractivity contribution is 0.269. The molecule has 2 N–H and O–H groups in total. The lowest BCUT2D eigenvalue weighted by Gasteiger charge is -2.12. The van der Waals surface area contributed by atoms with Crippen molar-refractivity contribution in [2.24, 2.45) is 0 Å². The van der Waals surface area contributed by atoms with Crippen molar-refractivity contribution in [2.75, 3.05) is 0 Å². The van der Waals surface area contributed by atoms with E-state index < -0.39 is 5.69 Å². The Balaban J connectivity index is 1.59. The monoisotopic (exact) mass is 338 g/mol. The zero-order valence-electron chi connectivity index (χ0n) is 14.0. The molecule has 0 radical (unpaired) electrons. The third-order valence-corrected chi connectivity index (χ3v) is 4.53. The van der Waals surface area contributed by atoms with Crippen LogP contribution in [-0.4, -0.2) is 19.9 Å². The van der Waals surface area contributed by atoms with Gasteiger partial charge < -0.3 is 9.40 Å². The van der Waals surface area contributed by atoms with Crippen molar-refractivity contribution in [2.45, 2.75) is 33.5 Å². The molecule has 3 aromatic rings. The predicted octanol–water partition coefficient (Wildman–Crippen LogP) is 1.85. The van der Waals surface area contributed by atoms with Gasteiger partial charge in [-0.15, -0.1) is 0 Å². The largest absolute Gasteiger partial charge is 0.441 e. The smallest absolute Gasteiger partial charge is 0.325 e. The van der Waals surface area contributed by atoms with Gasteiger partial charge in [-0.25, -0.2) is 9.78 Å². The molecule has 0 unspecified atom stereocenters. The zero-order chi connectivity index (χ0) is 17.6. The number of H-pyrrole nitrogens is 2. The Hall–Kier alpha value is -2.93. The average Bonchev–Trinajstić information content (AvgIpc) is 3.12. The maximum absolute atomic E-state index is 11.9. The molecule has 2 aromatic heterocycles. The van der Waals surface area contributed by atoms with E-state index in [1.165, 1.54) is 0 Å². The van der Waals surface area contributed by atoms with Crippen LogP contribution >= 0.6 is 0 Å². The van der Waals surface area contributed by atoms with E-state index in [2.05, 4.69) is 19.9 Å². The van der Waals surface area contributed by atoms with Gasteiger partial charge in [0, 0.05) is 30.9 Å². The fraction of sp³-hybridized carbons (Fsp3) is 0.278. The molecule has 25 heavy (non-hydrogen) atoms. The minimum atomic E-state index is -0.468. The fourth-order valence-corrected chi connectivity index (χ4v) is 3.19. The molecule has 128 valence electrons. The first-order chi connectivity index (χ1) is 12.0. The Kier molecular flexibility index (Phi) is 3.65. The summed E-state index contributed by atoms with van der Waals surface area (Å²) >= 11 is 0. The van der Waals surface area contributed by atoms with Crippen molar-refractivity contribution in [1.29, 1.82) is 0 Å². The molecule has 0 aliphatic carbocycles. The first-order valence-electron chi connectivity index (χ1n) is 8.10. The lowest BCUT2D eigenvalue weighted by Crippen LogP contribution is -2.25. The first kappa shape index (κ1) is 15.6. The minimum absolute atomic E-state index is 0.321. The van der Waals surface area contributed by atoms with Crippen LogP contribution in [0.4, 0.5) is 0 Å². The van der Waals surface area contributed by atoms with E-state index in [4.69, 9.17) is 4.42 Å². The summed E-state index contributed by atoms with van der Waals surface area (Å²) in [6.45, 7) is 5.46. The second kappa shape index (κ2) is 5.86. The van der Waals surface area contributed by atoms with E-state index in [1.807, 2.05) is 38.1 Å². The summed E-state index contributed by atoms with van der Waals surface area (Å²) in [6.07, 6.45) is 0. The standard InChI is InChI=1S/C18H18N4O3/c1-10-5-3-4-6-12(10)17-19-14(11(2)25-17)8-22-7-13-15(9-22)20-18(24)21-16(13)23/h3-6H,7-9H2,1-2H3,(H2,20,21,23,24). The van der Waals surface area contributed by atoms with Crippen LogP contribution in [0.2, 0.25) is 0 Å². The van der Waals surface area contributed by atoms with Gasteiger partial charge in [-0.1, -0.05) is 18.2 Å². The molecule has 4 rings (SSSR count). The van der Waals surface area contributed by atoms with E-state index in [0.29, 0.717) is 36.8 Å². The predicted molar refractivity (Wildman–Crippen MR) is 92.0 cm³/mol. The number of rotatable bonds is 3. The van der Waals surface area contributed by atoms with E-state index in [9.17, 15) is 9.59 Å². The van der Waals surface area contributed by atoms with Crippen molar-refractivity contribution >= 4 is 0 Å². The van der Waals surface area contributed by atoms with Gasteiger partial charge in [0.05, 0.1) is 11.3 Å². The Morgan fingerprint density at radius 2 is 1.96 bits per heavy atom. The molecule has 0 spiro atoms. The summed E-state index contributed by atoms with van der Waals surface area (Å²) in [4.78, 5) is 35.0. The molecule has 0 bridgehead atoms. The molecular formula is C18H18N4O3. The maximum Gasteiger partial charge on any atom is 0.325 e. The van der Waals surface area contributed by atoms with Crippen LogP contribution in [0.15, 0.2) is 38.3 Å². The number of nitrogens with zero attached hydrogens (tertiary/aromatic N) is 2. The van der Waals surface area contributed by atoms with E-state index in [0.717, 1.165) is 22.6 Å². The SMILES string of the molecule is Cc1ccccc1-c1nc(CN2Cc3[nH]c(=O)[nH]c(=O)c3C2)c(C)o1. The number of nitrogens with one attached hydrogen (secondary N) is 2. The summed E-state index contributed by atoms with van der Waals surface area (Å²) in [5.74, 6) is 1.37. The molecule has 3 heterocycles. The van der Waals surface area contributed by atoms with Crippen molar-refractivity contribution in [3.63, 3.8) is 0 Å². The van der Waals surface area contributed by atoms with Gasteiger partial charge in [0.15, 0.2) is 0 Å². The van der Waals surface area contributed by atoms with Crippen molar-refractivity contribution < 1.29 is 4.42 Å². The Morgan fingerprint density at radius 1 is 1.16 bits per heavy atom. The fourth-order valence-electron chi connectivity index (χ4n) is 3.19. The van der Waals surface area contributed by atoms with Crippen LogP contribution in [0.3, 0.4) is 0 Å². The number of aryl methyl sites for hydroxylation is 2. The second-order valence-corrected chi connectivity index (χ2v) is 6.35. The van der Waals surface area contributed by atoms with Crippen LogP contribution < -0.4 is 11.2 Å². The molecule has 0 fully saturated rings. The Labute approximate surface area is 143 Å². The van der Waals surface area contributed by atoms with E-state index >= 15 is 0 Å². The number of fused-ring (bicyclic) bond motifs is 1. The third kappa shape index (κ3) is 2.83. The number of aromatic amines is 2. The topological polar surface area (TPSA) is 95.0 Å². The molecule has 0 saturated carbocycles. The van der Waals surface area contributed by atoms with E-state index in [-0.39, 0.29) is 5.56 Å². The number of oxazole rings is 1. The van der Waals surface area contributed by atoms with Gasteiger partial charge in [0.1, 0.15) is 5.76 Å². The van der Waals surface area contributed by atoms with Crippen molar-refractivity contribution in [3.05, 3.63) is 73.4 Å². The molecule has 7 nitrogen and oxygen atoms in total. The first-order valence-corrected chi connectivity index (χ1v) is 8.10. The third-order valence-electron chi connectivity index (χ3n) is 4.53. The molecule has 0 atom stereocenters. The summed E-state index contributed by atoms with van der Waals surface area (Å²) in [5.41, 5.74) is 3.41. The van der Waals surface area contributed by atoms with Gasteiger partial charge in [-0.05, 0) is 25.5 Å². The van der Waals surface area contributed by atoms with Crippen molar-refractivity contribution in [3.8, 4) is 11.5 Å². The highest BCUT2D eigenvalue weighted by Gasteiger charge is 2.25. The summed E-state index contributed by atoms with van der Waals surface area (Å²) in [6, 6.07) is 7.95. The van der Waals surface area contributed by atoms with Crippen LogP contribution in [-0.2, 0) is 19.6 Å². The summed E-state index contributed by atoms with van der Waals surface area (Å²) in [7, 11) is 0. The Bertz CT molecular complexity index is 1060. The number of aromatic nitrogens is 3.